The number of hydrogen-bond donors (Lipinski definition) is 0. The van der Waals surface area contributed by atoms with Crippen molar-refractivity contribution in [1.82, 2.24) is 4.90 Å². The monoisotopic (exact) mass is 243 g/mol. The van der Waals surface area contributed by atoms with E-state index in [-0.39, 0.29) is 0 Å². The molecule has 0 saturated carbocycles. The highest BCUT2D eigenvalue weighted by Gasteiger charge is 2.33. The summed E-state index contributed by atoms with van der Waals surface area (Å²) < 4.78 is 0. The second-order valence-corrected chi connectivity index (χ2v) is 6.05. The Morgan fingerprint density at radius 1 is 1.22 bits per heavy atom. The van der Waals surface area contributed by atoms with E-state index in [2.05, 4.69) is 36.1 Å². The molecule has 1 saturated heterocycles. The van der Waals surface area contributed by atoms with Gasteiger partial charge in [0.2, 0.25) is 0 Å². The molecule has 2 atom stereocenters. The van der Waals surface area contributed by atoms with Crippen molar-refractivity contribution in [2.75, 3.05) is 19.6 Å². The van der Waals surface area contributed by atoms with Crippen molar-refractivity contribution in [1.29, 1.82) is 0 Å². The molecule has 1 aromatic carbocycles. The van der Waals surface area contributed by atoms with Crippen LogP contribution in [0.25, 0.3) is 0 Å². The molecule has 0 bridgehead atoms. The molecular weight excluding hydrogens is 218 g/mol. The maximum atomic E-state index is 2.71. The third-order valence-electron chi connectivity index (χ3n) is 4.89. The first-order valence-electron chi connectivity index (χ1n) is 7.68. The number of benzene rings is 1. The summed E-state index contributed by atoms with van der Waals surface area (Å²) in [5.41, 5.74) is 3.30. The fraction of sp³-hybridized carbons (Fsp3) is 0.647. The first kappa shape index (κ1) is 12.2. The van der Waals surface area contributed by atoms with Gasteiger partial charge in [0.15, 0.2) is 0 Å². The SMILES string of the molecule is CCCCN1CC[C@H]2c3ccccc3CC[C@H]2C1. The molecule has 2 aliphatic rings. The van der Waals surface area contributed by atoms with E-state index in [1.807, 2.05) is 0 Å². The molecule has 1 aliphatic carbocycles. The number of aryl methyl sites for hydroxylation is 1. The lowest BCUT2D eigenvalue weighted by Crippen LogP contribution is -2.41. The van der Waals surface area contributed by atoms with Gasteiger partial charge >= 0.3 is 0 Å². The van der Waals surface area contributed by atoms with Crippen LogP contribution < -0.4 is 0 Å². The molecule has 0 N–H and O–H groups in total. The molecule has 1 aromatic rings. The van der Waals surface area contributed by atoms with E-state index < -0.39 is 0 Å². The minimum atomic E-state index is 0.854. The lowest BCUT2D eigenvalue weighted by Gasteiger charge is -2.42. The third-order valence-corrected chi connectivity index (χ3v) is 4.89. The van der Waals surface area contributed by atoms with Crippen molar-refractivity contribution >= 4 is 0 Å². The van der Waals surface area contributed by atoms with E-state index in [1.165, 1.54) is 51.7 Å². The molecule has 3 rings (SSSR count). The molecule has 0 amide bonds. The Bertz CT molecular complexity index is 398. The van der Waals surface area contributed by atoms with Crippen LogP contribution in [0.2, 0.25) is 0 Å². The number of likely N-dealkylation sites (tertiary alicyclic amines) is 1. The largest absolute Gasteiger partial charge is 0.303 e. The van der Waals surface area contributed by atoms with Crippen LogP contribution in [-0.2, 0) is 6.42 Å². The molecule has 0 unspecified atom stereocenters. The Balaban J connectivity index is 1.70. The summed E-state index contributed by atoms with van der Waals surface area (Å²) in [6.45, 7) is 6.28. The molecule has 0 spiro atoms. The zero-order valence-corrected chi connectivity index (χ0v) is 11.6. The highest BCUT2D eigenvalue weighted by atomic mass is 15.1. The van der Waals surface area contributed by atoms with Crippen molar-refractivity contribution < 1.29 is 0 Å². The molecule has 98 valence electrons. The van der Waals surface area contributed by atoms with Gasteiger partial charge in [-0.25, -0.2) is 0 Å². The molecule has 0 aromatic heterocycles. The Labute approximate surface area is 111 Å². The number of fused-ring (bicyclic) bond motifs is 3. The van der Waals surface area contributed by atoms with Crippen LogP contribution >= 0.6 is 0 Å². The summed E-state index contributed by atoms with van der Waals surface area (Å²) in [4.78, 5) is 2.71. The van der Waals surface area contributed by atoms with E-state index in [9.17, 15) is 0 Å². The van der Waals surface area contributed by atoms with E-state index in [4.69, 9.17) is 0 Å². The zero-order chi connectivity index (χ0) is 12.4. The lowest BCUT2D eigenvalue weighted by molar-refractivity contribution is 0.139. The smallest absolute Gasteiger partial charge is 0.00156 e. The number of rotatable bonds is 3. The van der Waals surface area contributed by atoms with E-state index in [0.29, 0.717) is 0 Å². The Hall–Kier alpha value is -0.820. The lowest BCUT2D eigenvalue weighted by atomic mass is 9.71. The predicted molar refractivity (Wildman–Crippen MR) is 77.0 cm³/mol. The van der Waals surface area contributed by atoms with Crippen LogP contribution in [0.5, 0.6) is 0 Å². The summed E-state index contributed by atoms with van der Waals surface area (Å²) in [6, 6.07) is 9.16. The first-order chi connectivity index (χ1) is 8.88. The summed E-state index contributed by atoms with van der Waals surface area (Å²) in [5, 5.41) is 0. The minimum absolute atomic E-state index is 0.854. The summed E-state index contributed by atoms with van der Waals surface area (Å²) in [5.74, 6) is 1.78. The maximum absolute atomic E-state index is 2.71. The van der Waals surface area contributed by atoms with Crippen LogP contribution in [0, 0.1) is 5.92 Å². The van der Waals surface area contributed by atoms with E-state index in [1.54, 1.807) is 11.1 Å². The van der Waals surface area contributed by atoms with Crippen molar-refractivity contribution in [2.45, 2.75) is 44.9 Å². The zero-order valence-electron chi connectivity index (χ0n) is 11.6. The Morgan fingerprint density at radius 2 is 2.11 bits per heavy atom. The summed E-state index contributed by atoms with van der Waals surface area (Å²) >= 11 is 0. The average Bonchev–Trinajstić information content (AvgIpc) is 2.44. The van der Waals surface area contributed by atoms with Crippen LogP contribution in [0.3, 0.4) is 0 Å². The molecule has 1 heterocycles. The fourth-order valence-corrected chi connectivity index (χ4v) is 3.86. The number of hydrogen-bond acceptors (Lipinski definition) is 1. The molecule has 0 radical (unpaired) electrons. The maximum Gasteiger partial charge on any atom is 0.00156 e. The molecule has 18 heavy (non-hydrogen) atoms. The number of piperidine rings is 1. The third kappa shape index (κ3) is 2.33. The Kier molecular flexibility index (Phi) is 3.69. The predicted octanol–water partition coefficient (Wildman–Crippen LogP) is 3.84. The summed E-state index contributed by atoms with van der Waals surface area (Å²) in [7, 11) is 0. The van der Waals surface area contributed by atoms with Gasteiger partial charge in [0.1, 0.15) is 0 Å². The average molecular weight is 243 g/mol. The topological polar surface area (TPSA) is 3.24 Å². The van der Waals surface area contributed by atoms with Crippen molar-refractivity contribution in [3.05, 3.63) is 35.4 Å². The van der Waals surface area contributed by atoms with Crippen molar-refractivity contribution in [3.63, 3.8) is 0 Å². The van der Waals surface area contributed by atoms with Gasteiger partial charge in [-0.3, -0.25) is 0 Å². The van der Waals surface area contributed by atoms with Gasteiger partial charge in [-0.15, -0.1) is 0 Å². The van der Waals surface area contributed by atoms with Crippen LogP contribution in [-0.4, -0.2) is 24.5 Å². The quantitative estimate of drug-likeness (QED) is 0.779. The Morgan fingerprint density at radius 3 is 3.00 bits per heavy atom. The normalized spacial score (nSPS) is 27.6. The summed E-state index contributed by atoms with van der Waals surface area (Å²) in [6.07, 6.45) is 6.79. The van der Waals surface area contributed by atoms with Gasteiger partial charge in [0.25, 0.3) is 0 Å². The fourth-order valence-electron chi connectivity index (χ4n) is 3.86. The number of nitrogens with zero attached hydrogens (tertiary/aromatic N) is 1. The first-order valence-corrected chi connectivity index (χ1v) is 7.68. The van der Waals surface area contributed by atoms with Gasteiger partial charge in [-0.05, 0) is 61.7 Å². The van der Waals surface area contributed by atoms with Gasteiger partial charge < -0.3 is 4.90 Å². The van der Waals surface area contributed by atoms with Crippen molar-refractivity contribution in [3.8, 4) is 0 Å². The van der Waals surface area contributed by atoms with Crippen LogP contribution in [0.1, 0.15) is 49.7 Å². The second-order valence-electron chi connectivity index (χ2n) is 6.05. The molecule has 1 fully saturated rings. The molecule has 1 aliphatic heterocycles. The highest BCUT2D eigenvalue weighted by molar-refractivity contribution is 5.34. The van der Waals surface area contributed by atoms with Crippen LogP contribution in [0.4, 0.5) is 0 Å². The molecule has 1 heteroatoms. The van der Waals surface area contributed by atoms with Gasteiger partial charge in [-0.2, -0.15) is 0 Å². The minimum Gasteiger partial charge on any atom is -0.303 e. The highest BCUT2D eigenvalue weighted by Crippen LogP contribution is 2.41. The number of unbranched alkanes of at least 4 members (excludes halogenated alkanes) is 1. The van der Waals surface area contributed by atoms with Crippen LogP contribution in [0.15, 0.2) is 24.3 Å². The van der Waals surface area contributed by atoms with E-state index >= 15 is 0 Å². The van der Waals surface area contributed by atoms with Crippen molar-refractivity contribution in [2.24, 2.45) is 5.92 Å². The second kappa shape index (κ2) is 5.44. The molecule has 1 nitrogen and oxygen atoms in total. The van der Waals surface area contributed by atoms with Gasteiger partial charge in [0.05, 0.1) is 0 Å². The molecular formula is C17H25N. The van der Waals surface area contributed by atoms with Gasteiger partial charge in [0, 0.05) is 6.54 Å². The standard InChI is InChI=1S/C17H25N/c1-2-3-11-18-12-10-17-15(13-18)9-8-14-6-4-5-7-16(14)17/h4-7,15,17H,2-3,8-13H2,1H3/t15-,17+/m0/s1. The van der Waals surface area contributed by atoms with E-state index in [0.717, 1.165) is 11.8 Å². The van der Waals surface area contributed by atoms with Gasteiger partial charge in [-0.1, -0.05) is 37.6 Å².